The van der Waals surface area contributed by atoms with Crippen molar-refractivity contribution >= 4 is 32.1 Å². The minimum atomic E-state index is 0.571. The molecule has 0 spiro atoms. The van der Waals surface area contributed by atoms with Gasteiger partial charge in [0.1, 0.15) is 0 Å². The van der Waals surface area contributed by atoms with Crippen LogP contribution in [0.5, 0.6) is 0 Å². The average molecular weight is 310 g/mol. The third-order valence-electron chi connectivity index (χ3n) is 3.74. The Kier molecular flexibility index (Phi) is 7.05. The summed E-state index contributed by atoms with van der Waals surface area (Å²) in [6.07, 6.45) is 9.37. The molecule has 1 unspecified atom stereocenters. The van der Waals surface area contributed by atoms with Crippen LogP contribution < -0.4 is 5.32 Å². The van der Waals surface area contributed by atoms with Gasteiger partial charge in [-0.3, -0.25) is 0 Å². The largest absolute Gasteiger partial charge is 0.309 e. The molecule has 1 N–H and O–H groups in total. The Balaban J connectivity index is 1.90. The molecule has 1 atom stereocenters. The van der Waals surface area contributed by atoms with Gasteiger partial charge in [-0.2, -0.15) is 0 Å². The molecule has 2 heterocycles. The van der Waals surface area contributed by atoms with Crippen LogP contribution in [0.4, 0.5) is 0 Å². The van der Waals surface area contributed by atoms with Gasteiger partial charge < -0.3 is 5.32 Å². The fourth-order valence-corrected chi connectivity index (χ4v) is 4.80. The lowest BCUT2D eigenvalue weighted by molar-refractivity contribution is 0.473. The van der Waals surface area contributed by atoms with Crippen LogP contribution in [0.25, 0.3) is 9.40 Å². The van der Waals surface area contributed by atoms with Crippen LogP contribution in [0.2, 0.25) is 0 Å². The molecule has 0 saturated carbocycles. The highest BCUT2D eigenvalue weighted by Gasteiger charge is 2.14. The lowest BCUT2D eigenvalue weighted by Gasteiger charge is -2.17. The van der Waals surface area contributed by atoms with E-state index in [0.29, 0.717) is 6.04 Å². The van der Waals surface area contributed by atoms with Crippen molar-refractivity contribution in [2.45, 2.75) is 64.8 Å². The van der Waals surface area contributed by atoms with Gasteiger partial charge in [-0.1, -0.05) is 46.0 Å². The summed E-state index contributed by atoms with van der Waals surface area (Å²) in [4.78, 5) is 1.54. The second-order valence-electron chi connectivity index (χ2n) is 5.51. The number of nitrogens with one attached hydrogen (secondary N) is 1. The minimum Gasteiger partial charge on any atom is -0.309 e. The van der Waals surface area contributed by atoms with Crippen molar-refractivity contribution in [1.29, 1.82) is 0 Å². The van der Waals surface area contributed by atoms with Crippen LogP contribution in [-0.2, 0) is 0 Å². The Morgan fingerprint density at radius 2 is 1.90 bits per heavy atom. The Morgan fingerprint density at radius 3 is 2.65 bits per heavy atom. The number of unbranched alkanes of at least 4 members (excludes halogenated alkanes) is 4. The second kappa shape index (κ2) is 8.81. The highest BCUT2D eigenvalue weighted by Crippen LogP contribution is 2.35. The minimum absolute atomic E-state index is 0.571. The van der Waals surface area contributed by atoms with E-state index >= 15 is 0 Å². The molecule has 0 bridgehead atoms. The molecule has 20 heavy (non-hydrogen) atoms. The molecule has 0 aliphatic rings. The molecule has 2 rings (SSSR count). The molecule has 0 saturated heterocycles. The fourth-order valence-electron chi connectivity index (χ4n) is 2.57. The summed E-state index contributed by atoms with van der Waals surface area (Å²) < 4.78 is 2.92. The van der Waals surface area contributed by atoms with Crippen LogP contribution in [0, 0.1) is 0 Å². The van der Waals surface area contributed by atoms with E-state index < -0.39 is 0 Å². The third kappa shape index (κ3) is 4.57. The third-order valence-corrected chi connectivity index (χ3v) is 5.95. The van der Waals surface area contributed by atoms with Gasteiger partial charge in [0.15, 0.2) is 0 Å². The zero-order chi connectivity index (χ0) is 14.2. The first-order valence-corrected chi connectivity index (χ1v) is 9.75. The maximum Gasteiger partial charge on any atom is 0.0454 e. The highest BCUT2D eigenvalue weighted by atomic mass is 32.1. The van der Waals surface area contributed by atoms with Crippen molar-refractivity contribution < 1.29 is 0 Å². The van der Waals surface area contributed by atoms with E-state index in [1.807, 2.05) is 22.7 Å². The smallest absolute Gasteiger partial charge is 0.0454 e. The topological polar surface area (TPSA) is 12.0 Å². The van der Waals surface area contributed by atoms with Crippen LogP contribution in [-0.4, -0.2) is 6.54 Å². The van der Waals surface area contributed by atoms with E-state index in [1.54, 1.807) is 0 Å². The van der Waals surface area contributed by atoms with E-state index in [1.165, 1.54) is 59.2 Å². The maximum absolute atomic E-state index is 3.74. The number of hydrogen-bond donors (Lipinski definition) is 1. The lowest BCUT2D eigenvalue weighted by atomic mass is 10.1. The predicted octanol–water partition coefficient (Wildman–Crippen LogP) is 6.36. The van der Waals surface area contributed by atoms with Crippen molar-refractivity contribution in [1.82, 2.24) is 5.32 Å². The summed E-state index contributed by atoms with van der Waals surface area (Å²) in [6, 6.07) is 5.23. The number of hydrogen-bond acceptors (Lipinski definition) is 3. The van der Waals surface area contributed by atoms with Crippen molar-refractivity contribution in [3.63, 3.8) is 0 Å². The average Bonchev–Trinajstić information content (AvgIpc) is 3.03. The SMILES string of the molecule is CCCCCCCC(NCCC)c1cc2sccc2s1. The number of rotatable bonds is 10. The molecule has 2 aromatic heterocycles. The summed E-state index contributed by atoms with van der Waals surface area (Å²) in [5, 5.41) is 5.94. The first-order valence-electron chi connectivity index (χ1n) is 8.05. The Hall–Kier alpha value is -0.380. The van der Waals surface area contributed by atoms with Crippen LogP contribution in [0.3, 0.4) is 0 Å². The van der Waals surface area contributed by atoms with Gasteiger partial charge in [0, 0.05) is 20.3 Å². The predicted molar refractivity (Wildman–Crippen MR) is 94.1 cm³/mol. The van der Waals surface area contributed by atoms with Gasteiger partial charge in [-0.25, -0.2) is 0 Å². The molecule has 2 aromatic rings. The van der Waals surface area contributed by atoms with E-state index in [9.17, 15) is 0 Å². The van der Waals surface area contributed by atoms with Gasteiger partial charge in [-0.15, -0.1) is 22.7 Å². The standard InChI is InChI=1S/C17H27NS2/c1-3-5-6-7-8-9-14(18-11-4-2)16-13-17-15(20-16)10-12-19-17/h10,12-14,18H,3-9,11H2,1-2H3. The summed E-state index contributed by atoms with van der Waals surface area (Å²) in [5.41, 5.74) is 0. The highest BCUT2D eigenvalue weighted by molar-refractivity contribution is 7.26. The van der Waals surface area contributed by atoms with Crippen LogP contribution in [0.1, 0.15) is 69.7 Å². The normalized spacial score (nSPS) is 13.1. The first-order chi connectivity index (χ1) is 9.85. The molecule has 112 valence electrons. The van der Waals surface area contributed by atoms with Crippen molar-refractivity contribution in [3.8, 4) is 0 Å². The van der Waals surface area contributed by atoms with E-state index in [-0.39, 0.29) is 0 Å². The molecule has 0 aliphatic carbocycles. The van der Waals surface area contributed by atoms with Crippen LogP contribution >= 0.6 is 22.7 Å². The van der Waals surface area contributed by atoms with Gasteiger partial charge in [0.25, 0.3) is 0 Å². The molecular weight excluding hydrogens is 282 g/mol. The van der Waals surface area contributed by atoms with E-state index in [2.05, 4.69) is 36.7 Å². The van der Waals surface area contributed by atoms with Gasteiger partial charge in [0.2, 0.25) is 0 Å². The molecule has 3 heteroatoms. The molecule has 0 fully saturated rings. The lowest BCUT2D eigenvalue weighted by Crippen LogP contribution is -2.21. The zero-order valence-electron chi connectivity index (χ0n) is 12.8. The van der Waals surface area contributed by atoms with Crippen molar-refractivity contribution in [2.24, 2.45) is 0 Å². The van der Waals surface area contributed by atoms with Gasteiger partial charge in [0.05, 0.1) is 0 Å². The van der Waals surface area contributed by atoms with E-state index in [0.717, 1.165) is 6.54 Å². The van der Waals surface area contributed by atoms with Crippen LogP contribution in [0.15, 0.2) is 17.5 Å². The fraction of sp³-hybridized carbons (Fsp3) is 0.647. The molecule has 0 amide bonds. The molecule has 0 aliphatic heterocycles. The Morgan fingerprint density at radius 1 is 1.05 bits per heavy atom. The summed E-state index contributed by atoms with van der Waals surface area (Å²) >= 11 is 3.85. The zero-order valence-corrected chi connectivity index (χ0v) is 14.4. The van der Waals surface area contributed by atoms with Gasteiger partial charge >= 0.3 is 0 Å². The first kappa shape index (κ1) is 16.0. The summed E-state index contributed by atoms with van der Waals surface area (Å²) in [5.74, 6) is 0. The monoisotopic (exact) mass is 309 g/mol. The quantitative estimate of drug-likeness (QED) is 0.503. The molecule has 0 radical (unpaired) electrons. The Bertz CT molecular complexity index is 457. The van der Waals surface area contributed by atoms with Crippen molar-refractivity contribution in [3.05, 3.63) is 22.4 Å². The Labute approximate surface area is 131 Å². The van der Waals surface area contributed by atoms with E-state index in [4.69, 9.17) is 0 Å². The molecule has 0 aromatic carbocycles. The van der Waals surface area contributed by atoms with Gasteiger partial charge in [-0.05, 0) is 36.9 Å². The molecule has 1 nitrogen and oxygen atoms in total. The second-order valence-corrected chi connectivity index (χ2v) is 7.57. The summed E-state index contributed by atoms with van der Waals surface area (Å²) in [6.45, 7) is 5.66. The maximum atomic E-state index is 3.74. The van der Waals surface area contributed by atoms with Crippen molar-refractivity contribution in [2.75, 3.05) is 6.54 Å². The number of fused-ring (bicyclic) bond motifs is 1. The summed E-state index contributed by atoms with van der Waals surface area (Å²) in [7, 11) is 0. The molecular formula is C17H27NS2. The number of thiophene rings is 2.